The lowest BCUT2D eigenvalue weighted by Gasteiger charge is -2.31. The molecule has 1 aromatic carbocycles. The third-order valence-electron chi connectivity index (χ3n) is 4.91. The van der Waals surface area contributed by atoms with Gasteiger partial charge in [-0.15, -0.1) is 0 Å². The second-order valence-corrected chi connectivity index (χ2v) is 11.0. The Labute approximate surface area is 191 Å². The summed E-state index contributed by atoms with van der Waals surface area (Å²) in [5.41, 5.74) is 0.390. The highest BCUT2D eigenvalue weighted by molar-refractivity contribution is 7.98. The van der Waals surface area contributed by atoms with Gasteiger partial charge >= 0.3 is 0 Å². The van der Waals surface area contributed by atoms with Crippen LogP contribution in [0.15, 0.2) is 41.0 Å². The quantitative estimate of drug-likeness (QED) is 0.533. The normalized spacial score (nSPS) is 17.7. The zero-order valence-electron chi connectivity index (χ0n) is 16.4. The molecule has 2 aromatic rings. The van der Waals surface area contributed by atoms with Crippen LogP contribution in [0.3, 0.4) is 0 Å². The number of carbonyl (C=O) groups is 1. The van der Waals surface area contributed by atoms with Gasteiger partial charge in [0, 0.05) is 41.0 Å². The van der Waals surface area contributed by atoms with Crippen LogP contribution in [0, 0.1) is 5.92 Å². The molecular weight excluding hydrogens is 467 g/mol. The number of nitrogens with zero attached hydrogens (tertiary/aromatic N) is 1. The van der Waals surface area contributed by atoms with Crippen LogP contribution in [0.2, 0.25) is 10.0 Å². The van der Waals surface area contributed by atoms with Gasteiger partial charge in [-0.3, -0.25) is 4.79 Å². The molecule has 1 aromatic heterocycles. The van der Waals surface area contributed by atoms with Crippen LogP contribution in [-0.4, -0.2) is 44.0 Å². The highest BCUT2D eigenvalue weighted by Crippen LogP contribution is 2.29. The highest BCUT2D eigenvalue weighted by atomic mass is 35.5. The van der Waals surface area contributed by atoms with Gasteiger partial charge in [0.25, 0.3) is 0 Å². The van der Waals surface area contributed by atoms with Crippen molar-refractivity contribution in [3.8, 4) is 0 Å². The van der Waals surface area contributed by atoms with Gasteiger partial charge in [0.15, 0.2) is 0 Å². The Kier molecular flexibility index (Phi) is 8.53. The summed E-state index contributed by atoms with van der Waals surface area (Å²) in [6.07, 6.45) is 2.95. The second kappa shape index (κ2) is 10.9. The number of thioether (sulfide) groups is 1. The molecule has 2 heterocycles. The maximum atomic E-state index is 12.9. The lowest BCUT2D eigenvalue weighted by atomic mass is 9.99. The fourth-order valence-electron chi connectivity index (χ4n) is 3.31. The van der Waals surface area contributed by atoms with E-state index < -0.39 is 10.0 Å². The summed E-state index contributed by atoms with van der Waals surface area (Å²) < 4.78 is 32.5. The van der Waals surface area contributed by atoms with Gasteiger partial charge < -0.3 is 9.73 Å². The molecule has 1 amide bonds. The first kappa shape index (κ1) is 23.5. The summed E-state index contributed by atoms with van der Waals surface area (Å²) in [6, 6.07) is 8.68. The average Bonchev–Trinajstić information content (AvgIpc) is 3.24. The van der Waals surface area contributed by atoms with Crippen LogP contribution in [0.4, 0.5) is 0 Å². The molecule has 1 fully saturated rings. The molecule has 1 aliphatic heterocycles. The van der Waals surface area contributed by atoms with Gasteiger partial charge in [0.2, 0.25) is 15.9 Å². The first-order chi connectivity index (χ1) is 14.4. The molecule has 0 aliphatic carbocycles. The number of amides is 1. The molecule has 164 valence electrons. The van der Waals surface area contributed by atoms with Gasteiger partial charge in [-0.05, 0) is 37.1 Å². The predicted octanol–water partition coefficient (Wildman–Crippen LogP) is 4.18. The molecule has 0 unspecified atom stereocenters. The Balaban J connectivity index is 1.49. The van der Waals surface area contributed by atoms with E-state index in [1.807, 2.05) is 12.1 Å². The molecule has 0 bridgehead atoms. The summed E-state index contributed by atoms with van der Waals surface area (Å²) in [6.45, 7) is 1.10. The van der Waals surface area contributed by atoms with Crippen LogP contribution in [0.25, 0.3) is 0 Å². The molecule has 1 saturated heterocycles. The van der Waals surface area contributed by atoms with Crippen molar-refractivity contribution in [2.45, 2.75) is 24.3 Å². The highest BCUT2D eigenvalue weighted by Gasteiger charge is 2.33. The van der Waals surface area contributed by atoms with Crippen molar-refractivity contribution in [1.82, 2.24) is 9.62 Å². The lowest BCUT2D eigenvalue weighted by Crippen LogP contribution is -2.46. The number of carbonyl (C=O) groups excluding carboxylic acids is 1. The molecule has 0 spiro atoms. The molecule has 1 atom stereocenters. The largest absolute Gasteiger partial charge is 0.468 e. The fourth-order valence-corrected chi connectivity index (χ4v) is 6.43. The van der Waals surface area contributed by atoms with Crippen molar-refractivity contribution in [3.63, 3.8) is 0 Å². The molecule has 0 radical (unpaired) electrons. The Morgan fingerprint density at radius 1 is 1.23 bits per heavy atom. The monoisotopic (exact) mass is 490 g/mol. The topological polar surface area (TPSA) is 79.6 Å². The van der Waals surface area contributed by atoms with Crippen LogP contribution < -0.4 is 5.32 Å². The molecular formula is C20H24Cl2N2O4S2. The van der Waals surface area contributed by atoms with Crippen LogP contribution >= 0.6 is 35.0 Å². The molecule has 1 N–H and O–H groups in total. The van der Waals surface area contributed by atoms with Crippen LogP contribution in [0.1, 0.15) is 24.2 Å². The summed E-state index contributed by atoms with van der Waals surface area (Å²) in [4.78, 5) is 12.5. The number of piperidine rings is 1. The van der Waals surface area contributed by atoms with Crippen molar-refractivity contribution in [2.24, 2.45) is 5.92 Å². The Morgan fingerprint density at radius 3 is 2.70 bits per heavy atom. The van der Waals surface area contributed by atoms with Crippen molar-refractivity contribution < 1.29 is 17.6 Å². The summed E-state index contributed by atoms with van der Waals surface area (Å²) in [5.74, 6) is 1.67. The van der Waals surface area contributed by atoms with Gasteiger partial charge in [-0.2, -0.15) is 11.8 Å². The number of benzene rings is 1. The number of nitrogens with one attached hydrogen (secondary N) is 1. The summed E-state index contributed by atoms with van der Waals surface area (Å²) in [7, 11) is -3.63. The van der Waals surface area contributed by atoms with E-state index in [0.29, 0.717) is 41.5 Å². The number of hydrogen-bond donors (Lipinski definition) is 1. The van der Waals surface area contributed by atoms with E-state index in [-0.39, 0.29) is 24.1 Å². The minimum Gasteiger partial charge on any atom is -0.468 e. The van der Waals surface area contributed by atoms with E-state index >= 15 is 0 Å². The molecule has 1 aliphatic rings. The number of furan rings is 1. The molecule has 30 heavy (non-hydrogen) atoms. The third kappa shape index (κ3) is 6.40. The fraction of sp³-hybridized carbons (Fsp3) is 0.450. The van der Waals surface area contributed by atoms with E-state index in [2.05, 4.69) is 5.32 Å². The first-order valence-corrected chi connectivity index (χ1v) is 13.2. The van der Waals surface area contributed by atoms with E-state index in [1.165, 1.54) is 4.31 Å². The maximum Gasteiger partial charge on any atom is 0.224 e. The molecule has 6 nitrogen and oxygen atoms in total. The number of halogens is 2. The average molecular weight is 491 g/mol. The third-order valence-corrected chi connectivity index (χ3v) is 8.37. The molecule has 3 rings (SSSR count). The predicted molar refractivity (Wildman–Crippen MR) is 121 cm³/mol. The maximum absolute atomic E-state index is 12.9. The molecule has 0 saturated carbocycles. The first-order valence-electron chi connectivity index (χ1n) is 9.65. The van der Waals surface area contributed by atoms with Gasteiger partial charge in [0.05, 0.1) is 23.7 Å². The van der Waals surface area contributed by atoms with E-state index in [0.717, 1.165) is 17.3 Å². The second-order valence-electron chi connectivity index (χ2n) is 7.08. The van der Waals surface area contributed by atoms with Crippen molar-refractivity contribution in [1.29, 1.82) is 0 Å². The minimum absolute atomic E-state index is 0.107. The SMILES string of the molecule is O=C(NCCSCc1ccco1)[C@@H]1CCCN(S(=O)(=O)Cc2c(Cl)cccc2Cl)C1. The van der Waals surface area contributed by atoms with Crippen molar-refractivity contribution in [2.75, 3.05) is 25.4 Å². The standard InChI is InChI=1S/C20H24Cl2N2O4S2/c21-18-6-1-7-19(22)17(18)14-30(26,27)24-9-2-4-15(12-24)20(25)23-8-11-29-13-16-5-3-10-28-16/h1,3,5-7,10,15H,2,4,8-9,11-14H2,(H,23,25)/t15-/m1/s1. The van der Waals surface area contributed by atoms with E-state index in [1.54, 1.807) is 36.2 Å². The van der Waals surface area contributed by atoms with Crippen molar-refractivity contribution in [3.05, 3.63) is 58.0 Å². The minimum atomic E-state index is -3.63. The van der Waals surface area contributed by atoms with Crippen LogP contribution in [-0.2, 0) is 26.3 Å². The zero-order valence-corrected chi connectivity index (χ0v) is 19.5. The summed E-state index contributed by atoms with van der Waals surface area (Å²) in [5, 5.41) is 3.57. The van der Waals surface area contributed by atoms with Crippen molar-refractivity contribution >= 4 is 50.9 Å². The van der Waals surface area contributed by atoms with Crippen LogP contribution in [0.5, 0.6) is 0 Å². The Morgan fingerprint density at radius 2 is 2.00 bits per heavy atom. The van der Waals surface area contributed by atoms with Gasteiger partial charge in [0.1, 0.15) is 5.76 Å². The van der Waals surface area contributed by atoms with E-state index in [4.69, 9.17) is 27.6 Å². The lowest BCUT2D eigenvalue weighted by molar-refractivity contribution is -0.125. The zero-order chi connectivity index (χ0) is 21.6. The smallest absolute Gasteiger partial charge is 0.224 e. The Bertz CT molecular complexity index is 931. The number of rotatable bonds is 9. The van der Waals surface area contributed by atoms with E-state index in [9.17, 15) is 13.2 Å². The number of hydrogen-bond acceptors (Lipinski definition) is 5. The van der Waals surface area contributed by atoms with Gasteiger partial charge in [-0.25, -0.2) is 12.7 Å². The molecule has 10 heteroatoms. The number of sulfonamides is 1. The summed E-state index contributed by atoms with van der Waals surface area (Å²) >= 11 is 13.9. The van der Waals surface area contributed by atoms with Gasteiger partial charge in [-0.1, -0.05) is 29.3 Å². The Hall–Kier alpha value is -1.19.